The molecule has 5 nitrogen and oxygen atoms in total. The van der Waals surface area contributed by atoms with E-state index in [0.717, 1.165) is 19.4 Å². The third-order valence-corrected chi connectivity index (χ3v) is 3.65. The molecule has 0 spiro atoms. The first-order chi connectivity index (χ1) is 9.61. The van der Waals surface area contributed by atoms with E-state index in [4.69, 9.17) is 0 Å². The lowest BCUT2D eigenvalue weighted by atomic mass is 9.92. The second kappa shape index (κ2) is 6.52. The molecular formula is C15H21N3O2. The minimum Gasteiger partial charge on any atom is -0.355 e. The van der Waals surface area contributed by atoms with Crippen LogP contribution in [0.4, 0.5) is 5.69 Å². The molecule has 1 saturated heterocycles. The number of carbonyl (C=O) groups is 2. The number of nitrogens with one attached hydrogen (secondary N) is 3. The van der Waals surface area contributed by atoms with Crippen LogP contribution in [0.15, 0.2) is 24.3 Å². The monoisotopic (exact) mass is 275 g/mol. The summed E-state index contributed by atoms with van der Waals surface area (Å²) in [7, 11) is 1.58. The standard InChI is InChI=1S/C15H21N3O2/c1-10-9-11(7-8-17-10)14(19)18-13-6-4-3-5-12(13)15(20)16-2/h3-6,10-11,17H,7-9H2,1-2H3,(H,16,20)(H,18,19). The van der Waals surface area contributed by atoms with Crippen LogP contribution in [0, 0.1) is 5.92 Å². The predicted octanol–water partition coefficient (Wildman–Crippen LogP) is 1.37. The largest absolute Gasteiger partial charge is 0.355 e. The van der Waals surface area contributed by atoms with Gasteiger partial charge in [-0.15, -0.1) is 0 Å². The second-order valence-corrected chi connectivity index (χ2v) is 5.19. The lowest BCUT2D eigenvalue weighted by Gasteiger charge is -2.27. The third kappa shape index (κ3) is 3.36. The van der Waals surface area contributed by atoms with Crippen molar-refractivity contribution in [1.82, 2.24) is 10.6 Å². The first-order valence-corrected chi connectivity index (χ1v) is 6.97. The van der Waals surface area contributed by atoms with Crippen LogP contribution >= 0.6 is 0 Å². The first-order valence-electron chi connectivity index (χ1n) is 6.97. The number of rotatable bonds is 3. The maximum Gasteiger partial charge on any atom is 0.253 e. The van der Waals surface area contributed by atoms with E-state index in [-0.39, 0.29) is 17.7 Å². The Bertz CT molecular complexity index is 502. The summed E-state index contributed by atoms with van der Waals surface area (Å²) in [5.41, 5.74) is 1.06. The van der Waals surface area contributed by atoms with Gasteiger partial charge in [0.2, 0.25) is 5.91 Å². The molecule has 1 heterocycles. The van der Waals surface area contributed by atoms with E-state index in [1.54, 1.807) is 25.2 Å². The molecule has 2 amide bonds. The molecule has 1 fully saturated rings. The van der Waals surface area contributed by atoms with Gasteiger partial charge in [-0.05, 0) is 38.4 Å². The Morgan fingerprint density at radius 3 is 2.75 bits per heavy atom. The molecule has 1 aliphatic rings. The summed E-state index contributed by atoms with van der Waals surface area (Å²) in [6, 6.07) is 7.42. The summed E-state index contributed by atoms with van der Waals surface area (Å²) in [4.78, 5) is 24.1. The van der Waals surface area contributed by atoms with E-state index >= 15 is 0 Å². The summed E-state index contributed by atoms with van der Waals surface area (Å²) in [6.07, 6.45) is 1.66. The maximum absolute atomic E-state index is 12.3. The van der Waals surface area contributed by atoms with Crippen molar-refractivity contribution in [2.75, 3.05) is 18.9 Å². The van der Waals surface area contributed by atoms with Crippen molar-refractivity contribution in [1.29, 1.82) is 0 Å². The Labute approximate surface area is 119 Å². The van der Waals surface area contributed by atoms with Gasteiger partial charge in [-0.1, -0.05) is 12.1 Å². The number of amides is 2. The van der Waals surface area contributed by atoms with Gasteiger partial charge < -0.3 is 16.0 Å². The molecule has 20 heavy (non-hydrogen) atoms. The number of benzene rings is 1. The van der Waals surface area contributed by atoms with Crippen LogP contribution in [0.3, 0.4) is 0 Å². The molecule has 108 valence electrons. The molecule has 2 atom stereocenters. The van der Waals surface area contributed by atoms with Crippen molar-refractivity contribution in [2.45, 2.75) is 25.8 Å². The van der Waals surface area contributed by atoms with Crippen molar-refractivity contribution in [3.05, 3.63) is 29.8 Å². The van der Waals surface area contributed by atoms with Gasteiger partial charge in [0, 0.05) is 19.0 Å². The van der Waals surface area contributed by atoms with Crippen molar-refractivity contribution in [2.24, 2.45) is 5.92 Å². The van der Waals surface area contributed by atoms with Gasteiger partial charge in [-0.25, -0.2) is 0 Å². The number of carbonyl (C=O) groups excluding carboxylic acids is 2. The van der Waals surface area contributed by atoms with Crippen LogP contribution in [0.1, 0.15) is 30.1 Å². The van der Waals surface area contributed by atoms with Crippen LogP contribution in [-0.4, -0.2) is 31.4 Å². The maximum atomic E-state index is 12.3. The van der Waals surface area contributed by atoms with Crippen molar-refractivity contribution in [3.8, 4) is 0 Å². The van der Waals surface area contributed by atoms with Crippen LogP contribution in [0.2, 0.25) is 0 Å². The molecule has 1 aromatic rings. The SMILES string of the molecule is CNC(=O)c1ccccc1NC(=O)C1CCNC(C)C1. The molecule has 0 radical (unpaired) electrons. The lowest BCUT2D eigenvalue weighted by Crippen LogP contribution is -2.40. The summed E-state index contributed by atoms with van der Waals surface area (Å²) >= 11 is 0. The molecule has 2 rings (SSSR count). The van der Waals surface area contributed by atoms with E-state index in [9.17, 15) is 9.59 Å². The normalized spacial score (nSPS) is 22.1. The van der Waals surface area contributed by atoms with E-state index in [1.165, 1.54) is 0 Å². The zero-order valence-corrected chi connectivity index (χ0v) is 11.9. The van der Waals surface area contributed by atoms with Gasteiger partial charge in [0.1, 0.15) is 0 Å². The highest BCUT2D eigenvalue weighted by Gasteiger charge is 2.25. The number of piperidine rings is 1. The smallest absolute Gasteiger partial charge is 0.253 e. The Balaban J connectivity index is 2.09. The Morgan fingerprint density at radius 2 is 2.05 bits per heavy atom. The van der Waals surface area contributed by atoms with E-state index in [2.05, 4.69) is 22.9 Å². The molecule has 5 heteroatoms. The highest BCUT2D eigenvalue weighted by molar-refractivity contribution is 6.04. The number of para-hydroxylation sites is 1. The zero-order chi connectivity index (χ0) is 14.5. The fourth-order valence-electron chi connectivity index (χ4n) is 2.53. The van der Waals surface area contributed by atoms with E-state index < -0.39 is 0 Å². The number of hydrogen-bond donors (Lipinski definition) is 3. The van der Waals surface area contributed by atoms with Crippen LogP contribution < -0.4 is 16.0 Å². The minimum atomic E-state index is -0.195. The van der Waals surface area contributed by atoms with Gasteiger partial charge in [0.15, 0.2) is 0 Å². The van der Waals surface area contributed by atoms with Crippen LogP contribution in [0.5, 0.6) is 0 Å². The average Bonchev–Trinajstić information content (AvgIpc) is 2.47. The number of hydrogen-bond acceptors (Lipinski definition) is 3. The molecular weight excluding hydrogens is 254 g/mol. The van der Waals surface area contributed by atoms with Gasteiger partial charge in [0.25, 0.3) is 5.91 Å². The van der Waals surface area contributed by atoms with Crippen molar-refractivity contribution >= 4 is 17.5 Å². The molecule has 1 aliphatic heterocycles. The summed E-state index contributed by atoms with van der Waals surface area (Å²) in [6.45, 7) is 2.94. The van der Waals surface area contributed by atoms with Gasteiger partial charge in [0.05, 0.1) is 11.3 Å². The Hall–Kier alpha value is -1.88. The first kappa shape index (κ1) is 14.5. The topological polar surface area (TPSA) is 70.2 Å². The van der Waals surface area contributed by atoms with Gasteiger partial charge in [-0.3, -0.25) is 9.59 Å². The summed E-state index contributed by atoms with van der Waals surface area (Å²) in [5, 5.41) is 8.80. The molecule has 2 unspecified atom stereocenters. The molecule has 0 aromatic heterocycles. The molecule has 0 aliphatic carbocycles. The molecule has 3 N–H and O–H groups in total. The average molecular weight is 275 g/mol. The van der Waals surface area contributed by atoms with Crippen LogP contribution in [-0.2, 0) is 4.79 Å². The molecule has 0 saturated carbocycles. The minimum absolute atomic E-state index is 0.00370. The Morgan fingerprint density at radius 1 is 1.30 bits per heavy atom. The molecule has 0 bridgehead atoms. The Kier molecular flexibility index (Phi) is 4.74. The summed E-state index contributed by atoms with van der Waals surface area (Å²) < 4.78 is 0. The highest BCUT2D eigenvalue weighted by Crippen LogP contribution is 2.20. The van der Waals surface area contributed by atoms with Gasteiger partial charge in [-0.2, -0.15) is 0 Å². The zero-order valence-electron chi connectivity index (χ0n) is 11.9. The number of anilines is 1. The fraction of sp³-hybridized carbons (Fsp3) is 0.467. The van der Waals surface area contributed by atoms with Gasteiger partial charge >= 0.3 is 0 Å². The van der Waals surface area contributed by atoms with E-state index in [0.29, 0.717) is 17.3 Å². The van der Waals surface area contributed by atoms with E-state index in [1.807, 2.05) is 6.07 Å². The van der Waals surface area contributed by atoms with Crippen molar-refractivity contribution in [3.63, 3.8) is 0 Å². The summed E-state index contributed by atoms with van der Waals surface area (Å²) in [5.74, 6) is -0.196. The fourth-order valence-corrected chi connectivity index (χ4v) is 2.53. The van der Waals surface area contributed by atoms with Crippen molar-refractivity contribution < 1.29 is 9.59 Å². The predicted molar refractivity (Wildman–Crippen MR) is 78.7 cm³/mol. The lowest BCUT2D eigenvalue weighted by molar-refractivity contribution is -0.120. The second-order valence-electron chi connectivity index (χ2n) is 5.19. The highest BCUT2D eigenvalue weighted by atomic mass is 16.2. The quantitative estimate of drug-likeness (QED) is 0.780. The molecule has 1 aromatic carbocycles. The third-order valence-electron chi connectivity index (χ3n) is 3.65. The van der Waals surface area contributed by atoms with Crippen LogP contribution in [0.25, 0.3) is 0 Å².